The zero-order chi connectivity index (χ0) is 19.9. The zero-order valence-electron chi connectivity index (χ0n) is 16.1. The molecule has 4 N–H and O–H groups in total. The van der Waals surface area contributed by atoms with Crippen molar-refractivity contribution in [1.29, 1.82) is 0 Å². The molecule has 1 heterocycles. The molecule has 0 aliphatic heterocycles. The summed E-state index contributed by atoms with van der Waals surface area (Å²) in [5, 5.41) is 23.3. The number of nitrogens with zero attached hydrogens (tertiary/aromatic N) is 3. The van der Waals surface area contributed by atoms with Crippen LogP contribution in [-0.2, 0) is 17.4 Å². The molecule has 0 saturated carbocycles. The summed E-state index contributed by atoms with van der Waals surface area (Å²) in [6.45, 7) is 4.17. The van der Waals surface area contributed by atoms with Gasteiger partial charge in [0.15, 0.2) is 5.96 Å². The highest BCUT2D eigenvalue weighted by Gasteiger charge is 2.25. The topological polar surface area (TPSA) is 104 Å². The molecule has 2 aromatic rings. The average molecular weight is 504 g/mol. The molecular weight excluding hydrogens is 478 g/mol. The number of carbonyl (C=O) groups is 1. The number of nitrogens with one attached hydrogen (secondary N) is 3. The first-order valence-electron chi connectivity index (χ1n) is 8.59. The van der Waals surface area contributed by atoms with Crippen LogP contribution in [0.5, 0.6) is 0 Å². The molecule has 1 amide bonds. The predicted molar refractivity (Wildman–Crippen MR) is 117 cm³/mol. The van der Waals surface area contributed by atoms with Gasteiger partial charge in [0.1, 0.15) is 18.0 Å². The average Bonchev–Trinajstić information content (AvgIpc) is 3.05. The molecule has 28 heavy (non-hydrogen) atoms. The first-order valence-corrected chi connectivity index (χ1v) is 8.59. The lowest BCUT2D eigenvalue weighted by atomic mass is 10.00. The van der Waals surface area contributed by atoms with Crippen LogP contribution >= 0.6 is 24.0 Å². The van der Waals surface area contributed by atoms with Crippen LogP contribution < -0.4 is 16.0 Å². The van der Waals surface area contributed by atoms with Gasteiger partial charge in [-0.05, 0) is 32.0 Å². The molecule has 0 spiro atoms. The smallest absolute Gasteiger partial charge is 0.246 e. The van der Waals surface area contributed by atoms with E-state index in [1.807, 2.05) is 6.92 Å². The highest BCUT2D eigenvalue weighted by atomic mass is 127. The molecule has 2 rings (SSSR count). The highest BCUT2D eigenvalue weighted by Crippen LogP contribution is 2.18. The number of rotatable bonds is 7. The monoisotopic (exact) mass is 504 g/mol. The molecular formula is C18H26FIN6O2. The number of hydrogen-bond acceptors (Lipinski definition) is 4. The van der Waals surface area contributed by atoms with Gasteiger partial charge in [-0.2, -0.15) is 5.10 Å². The maximum Gasteiger partial charge on any atom is 0.246 e. The van der Waals surface area contributed by atoms with E-state index in [-0.39, 0.29) is 43.0 Å². The molecule has 0 fully saturated rings. The van der Waals surface area contributed by atoms with Gasteiger partial charge in [-0.25, -0.2) is 9.38 Å². The largest absolute Gasteiger partial charge is 0.383 e. The Labute approximate surface area is 180 Å². The number of aromatic nitrogens is 2. The summed E-state index contributed by atoms with van der Waals surface area (Å²) in [4.78, 5) is 16.2. The number of aliphatic hydroxyl groups is 1. The van der Waals surface area contributed by atoms with Gasteiger partial charge in [0, 0.05) is 31.0 Å². The standard InChI is InChI=1S/C18H25FN6O2.HI/c1-4-20-17(22-12-18(2,27)13-9-23-25(3)11-13)21-10-16(26)24-15-7-5-6-14(19)8-15;/h5-9,11,27H,4,10,12H2,1-3H3,(H,24,26)(H2,20,21,22);1H. The third kappa shape index (κ3) is 7.43. The number of benzene rings is 1. The van der Waals surface area contributed by atoms with Crippen molar-refractivity contribution in [2.24, 2.45) is 12.0 Å². The molecule has 0 bridgehead atoms. The molecule has 10 heteroatoms. The van der Waals surface area contributed by atoms with E-state index in [1.54, 1.807) is 37.1 Å². The molecule has 1 aromatic heterocycles. The Morgan fingerprint density at radius 3 is 2.75 bits per heavy atom. The number of guanidine groups is 1. The van der Waals surface area contributed by atoms with Gasteiger partial charge in [-0.15, -0.1) is 24.0 Å². The van der Waals surface area contributed by atoms with Gasteiger partial charge in [-0.1, -0.05) is 6.07 Å². The van der Waals surface area contributed by atoms with Crippen molar-refractivity contribution in [3.05, 3.63) is 48.0 Å². The summed E-state index contributed by atoms with van der Waals surface area (Å²) in [6, 6.07) is 5.64. The van der Waals surface area contributed by atoms with Crippen molar-refractivity contribution in [3.8, 4) is 0 Å². The van der Waals surface area contributed by atoms with Gasteiger partial charge in [-0.3, -0.25) is 9.48 Å². The van der Waals surface area contributed by atoms with Crippen LogP contribution in [0.15, 0.2) is 41.7 Å². The normalized spacial score (nSPS) is 13.2. The third-order valence-corrected chi connectivity index (χ3v) is 3.76. The van der Waals surface area contributed by atoms with E-state index in [2.05, 4.69) is 26.0 Å². The lowest BCUT2D eigenvalue weighted by Crippen LogP contribution is -2.44. The van der Waals surface area contributed by atoms with E-state index < -0.39 is 11.4 Å². The zero-order valence-corrected chi connectivity index (χ0v) is 18.4. The Kier molecular flexibility index (Phi) is 9.32. The molecule has 0 aliphatic rings. The van der Waals surface area contributed by atoms with Crippen molar-refractivity contribution >= 4 is 41.5 Å². The van der Waals surface area contributed by atoms with E-state index in [4.69, 9.17) is 0 Å². The fraction of sp³-hybridized carbons (Fsp3) is 0.389. The van der Waals surface area contributed by atoms with Crippen molar-refractivity contribution < 1.29 is 14.3 Å². The quantitative estimate of drug-likeness (QED) is 0.261. The van der Waals surface area contributed by atoms with Gasteiger partial charge < -0.3 is 21.1 Å². The lowest BCUT2D eigenvalue weighted by Gasteiger charge is -2.23. The fourth-order valence-corrected chi connectivity index (χ4v) is 2.32. The van der Waals surface area contributed by atoms with Gasteiger partial charge in [0.25, 0.3) is 0 Å². The first kappa shape index (κ1) is 23.8. The van der Waals surface area contributed by atoms with Crippen LogP contribution in [0.3, 0.4) is 0 Å². The van der Waals surface area contributed by atoms with Crippen molar-refractivity contribution in [2.75, 3.05) is 25.0 Å². The Morgan fingerprint density at radius 1 is 1.39 bits per heavy atom. The van der Waals surface area contributed by atoms with Crippen LogP contribution in [-0.4, -0.2) is 46.4 Å². The van der Waals surface area contributed by atoms with Crippen molar-refractivity contribution in [3.63, 3.8) is 0 Å². The Bertz CT molecular complexity index is 809. The summed E-state index contributed by atoms with van der Waals surface area (Å²) >= 11 is 0. The third-order valence-electron chi connectivity index (χ3n) is 3.76. The highest BCUT2D eigenvalue weighted by molar-refractivity contribution is 14.0. The summed E-state index contributed by atoms with van der Waals surface area (Å²) in [5.74, 6) is -0.420. The second-order valence-electron chi connectivity index (χ2n) is 6.28. The van der Waals surface area contributed by atoms with Crippen LogP contribution in [0.2, 0.25) is 0 Å². The molecule has 1 unspecified atom stereocenters. The summed E-state index contributed by atoms with van der Waals surface area (Å²) in [7, 11) is 1.77. The summed E-state index contributed by atoms with van der Waals surface area (Å²) in [5.41, 5.74) is -0.126. The minimum atomic E-state index is -1.16. The van der Waals surface area contributed by atoms with E-state index in [0.29, 0.717) is 23.8 Å². The van der Waals surface area contributed by atoms with Crippen molar-refractivity contribution in [2.45, 2.75) is 19.4 Å². The van der Waals surface area contributed by atoms with Crippen LogP contribution in [0.1, 0.15) is 19.4 Å². The van der Waals surface area contributed by atoms with Gasteiger partial charge in [0.2, 0.25) is 5.91 Å². The van der Waals surface area contributed by atoms with E-state index in [9.17, 15) is 14.3 Å². The molecule has 0 saturated heterocycles. The minimum Gasteiger partial charge on any atom is -0.383 e. The number of amides is 1. The second kappa shape index (κ2) is 11.0. The van der Waals surface area contributed by atoms with E-state index in [1.165, 1.54) is 18.2 Å². The number of anilines is 1. The molecule has 0 aliphatic carbocycles. The maximum atomic E-state index is 13.2. The molecule has 1 atom stereocenters. The molecule has 8 nitrogen and oxygen atoms in total. The molecule has 154 valence electrons. The fourth-order valence-electron chi connectivity index (χ4n) is 2.32. The molecule has 0 radical (unpaired) electrons. The van der Waals surface area contributed by atoms with Crippen LogP contribution in [0, 0.1) is 5.82 Å². The maximum absolute atomic E-state index is 13.2. The first-order chi connectivity index (χ1) is 12.8. The minimum absolute atomic E-state index is 0. The Morgan fingerprint density at radius 2 is 2.14 bits per heavy atom. The SMILES string of the molecule is CCNC(=NCC(=O)Nc1cccc(F)c1)NCC(C)(O)c1cnn(C)c1.I. The van der Waals surface area contributed by atoms with E-state index >= 15 is 0 Å². The Hall–Kier alpha value is -2.21. The molecule has 1 aromatic carbocycles. The van der Waals surface area contributed by atoms with Crippen LogP contribution in [0.4, 0.5) is 10.1 Å². The number of carbonyl (C=O) groups excluding carboxylic acids is 1. The summed E-state index contributed by atoms with van der Waals surface area (Å²) in [6.07, 6.45) is 3.33. The lowest BCUT2D eigenvalue weighted by molar-refractivity contribution is -0.114. The van der Waals surface area contributed by atoms with Gasteiger partial charge in [0.05, 0.1) is 12.7 Å². The Balaban J connectivity index is 0.00000392. The van der Waals surface area contributed by atoms with Crippen molar-refractivity contribution in [1.82, 2.24) is 20.4 Å². The summed E-state index contributed by atoms with van der Waals surface area (Å²) < 4.78 is 14.8. The van der Waals surface area contributed by atoms with E-state index in [0.717, 1.165) is 0 Å². The number of hydrogen-bond donors (Lipinski definition) is 4. The van der Waals surface area contributed by atoms with Crippen LogP contribution in [0.25, 0.3) is 0 Å². The number of aliphatic imine (C=N–C) groups is 1. The second-order valence-corrected chi connectivity index (χ2v) is 6.28. The van der Waals surface area contributed by atoms with Gasteiger partial charge >= 0.3 is 0 Å². The number of aryl methyl sites for hydroxylation is 1. The number of halogens is 2. The predicted octanol–water partition coefficient (Wildman–Crippen LogP) is 1.58.